The third-order valence-electron chi connectivity index (χ3n) is 5.93. The van der Waals surface area contributed by atoms with E-state index in [0.717, 1.165) is 5.70 Å². The zero-order valence-electron chi connectivity index (χ0n) is 16.8. The maximum atomic E-state index is 14.9. The van der Waals surface area contributed by atoms with Crippen molar-refractivity contribution in [3.8, 4) is 5.69 Å². The lowest BCUT2D eigenvalue weighted by atomic mass is 9.69. The minimum Gasteiger partial charge on any atom is -0.343 e. The van der Waals surface area contributed by atoms with Gasteiger partial charge in [0, 0.05) is 23.3 Å². The lowest BCUT2D eigenvalue weighted by molar-refractivity contribution is -0.118. The first-order valence-corrected chi connectivity index (χ1v) is 10.0. The van der Waals surface area contributed by atoms with Crippen LogP contribution in [0.4, 0.5) is 10.2 Å². The summed E-state index contributed by atoms with van der Waals surface area (Å²) in [5.41, 5.74) is 2.16. The number of aromatic amines is 1. The molecular formula is C24H22FN3O2. The summed E-state index contributed by atoms with van der Waals surface area (Å²) in [5, 5.41) is 6.43. The number of hydrogen-bond acceptors (Lipinski definition) is 3. The zero-order valence-corrected chi connectivity index (χ0v) is 16.8. The van der Waals surface area contributed by atoms with Crippen molar-refractivity contribution in [1.29, 1.82) is 0 Å². The Morgan fingerprint density at radius 1 is 1.00 bits per heavy atom. The van der Waals surface area contributed by atoms with E-state index in [1.54, 1.807) is 18.2 Å². The van der Waals surface area contributed by atoms with E-state index in [1.165, 1.54) is 10.7 Å². The van der Waals surface area contributed by atoms with E-state index in [1.807, 2.05) is 44.2 Å². The number of benzene rings is 2. The molecule has 0 spiro atoms. The summed E-state index contributed by atoms with van der Waals surface area (Å²) in [7, 11) is 0. The number of nitrogens with zero attached hydrogens (tertiary/aromatic N) is 1. The lowest BCUT2D eigenvalue weighted by Gasteiger charge is -2.37. The van der Waals surface area contributed by atoms with E-state index < -0.39 is 11.7 Å². The van der Waals surface area contributed by atoms with E-state index in [9.17, 15) is 14.0 Å². The summed E-state index contributed by atoms with van der Waals surface area (Å²) < 4.78 is 16.3. The van der Waals surface area contributed by atoms with Crippen LogP contribution in [0.25, 0.3) is 5.69 Å². The van der Waals surface area contributed by atoms with E-state index >= 15 is 0 Å². The molecule has 5 nitrogen and oxygen atoms in total. The summed E-state index contributed by atoms with van der Waals surface area (Å²) in [6.07, 6.45) is 1.02. The second-order valence-electron chi connectivity index (χ2n) is 8.79. The second kappa shape index (κ2) is 6.55. The molecule has 0 saturated heterocycles. The van der Waals surface area contributed by atoms with Crippen LogP contribution < -0.4 is 10.9 Å². The average molecular weight is 403 g/mol. The molecule has 5 rings (SSSR count). The minimum absolute atomic E-state index is 0.0421. The topological polar surface area (TPSA) is 66.9 Å². The van der Waals surface area contributed by atoms with E-state index in [4.69, 9.17) is 0 Å². The predicted octanol–water partition coefficient (Wildman–Crippen LogP) is 4.51. The Morgan fingerprint density at radius 3 is 2.43 bits per heavy atom. The number of anilines is 1. The second-order valence-corrected chi connectivity index (χ2v) is 8.79. The lowest BCUT2D eigenvalue weighted by Crippen LogP contribution is -2.35. The highest BCUT2D eigenvalue weighted by Gasteiger charge is 2.43. The van der Waals surface area contributed by atoms with Crippen molar-refractivity contribution in [1.82, 2.24) is 9.78 Å². The Morgan fingerprint density at radius 2 is 1.70 bits per heavy atom. The summed E-state index contributed by atoms with van der Waals surface area (Å²) in [6.45, 7) is 4.09. The number of Topliss-reactive ketones (excluding diaryl/α,β-unsaturated/α-hetero) is 1. The van der Waals surface area contributed by atoms with Crippen LogP contribution in [0.1, 0.15) is 43.7 Å². The molecule has 6 heteroatoms. The summed E-state index contributed by atoms with van der Waals surface area (Å²) in [5.74, 6) is -0.692. The standard InChI is InChI=1S/C24H22FN3O2/c1-24(2)12-17-20(18(29)13-24)19(15-10-6-7-11-16(15)25)21-22(26-17)27-28(23(21)30)14-8-4-3-5-9-14/h3-11,19,26-27H,12-13H2,1-2H3. The Kier molecular flexibility index (Phi) is 4.07. The normalized spacial score (nSPS) is 19.8. The van der Waals surface area contributed by atoms with E-state index in [2.05, 4.69) is 10.4 Å². The van der Waals surface area contributed by atoms with Gasteiger partial charge < -0.3 is 5.32 Å². The van der Waals surface area contributed by atoms with Crippen LogP contribution in [-0.4, -0.2) is 15.6 Å². The van der Waals surface area contributed by atoms with E-state index in [0.29, 0.717) is 41.0 Å². The highest BCUT2D eigenvalue weighted by molar-refractivity contribution is 6.01. The van der Waals surface area contributed by atoms with Gasteiger partial charge in [-0.3, -0.25) is 14.7 Å². The highest BCUT2D eigenvalue weighted by Crippen LogP contribution is 2.48. The first-order chi connectivity index (χ1) is 14.4. The molecule has 1 aliphatic heterocycles. The molecule has 0 radical (unpaired) electrons. The fourth-order valence-electron chi connectivity index (χ4n) is 4.67. The molecule has 1 atom stereocenters. The Hall–Kier alpha value is -3.41. The number of H-pyrrole nitrogens is 1. The molecule has 1 aromatic heterocycles. The van der Waals surface area contributed by atoms with Gasteiger partial charge in [-0.25, -0.2) is 9.07 Å². The molecule has 30 heavy (non-hydrogen) atoms. The van der Waals surface area contributed by atoms with Gasteiger partial charge in [-0.05, 0) is 30.0 Å². The average Bonchev–Trinajstić information content (AvgIpc) is 3.03. The SMILES string of the molecule is CC1(C)CC(=O)C2=C(C1)Nc1[nH]n(-c3ccccc3)c(=O)c1C2c1ccccc1F. The maximum absolute atomic E-state index is 14.9. The quantitative estimate of drug-likeness (QED) is 0.662. The van der Waals surface area contributed by atoms with Crippen LogP contribution in [-0.2, 0) is 4.79 Å². The number of para-hydroxylation sites is 1. The number of aromatic nitrogens is 2. The van der Waals surface area contributed by atoms with Crippen molar-refractivity contribution >= 4 is 11.6 Å². The molecule has 152 valence electrons. The molecule has 2 N–H and O–H groups in total. The molecule has 0 fully saturated rings. The predicted molar refractivity (Wildman–Crippen MR) is 113 cm³/mol. The summed E-state index contributed by atoms with van der Waals surface area (Å²) in [4.78, 5) is 26.7. The van der Waals surface area contributed by atoms with Crippen molar-refractivity contribution in [2.24, 2.45) is 5.41 Å². The molecule has 0 bridgehead atoms. The van der Waals surface area contributed by atoms with Crippen molar-refractivity contribution in [3.63, 3.8) is 0 Å². The Balaban J connectivity index is 1.77. The number of allylic oxidation sites excluding steroid dienone is 2. The van der Waals surface area contributed by atoms with Crippen molar-refractivity contribution < 1.29 is 9.18 Å². The third kappa shape index (κ3) is 2.83. The molecule has 2 aliphatic rings. The van der Waals surface area contributed by atoms with Gasteiger partial charge in [0.2, 0.25) is 0 Å². The van der Waals surface area contributed by atoms with Crippen LogP contribution >= 0.6 is 0 Å². The van der Waals surface area contributed by atoms with Crippen LogP contribution in [0.3, 0.4) is 0 Å². The molecule has 2 heterocycles. The first-order valence-electron chi connectivity index (χ1n) is 10.0. The van der Waals surface area contributed by atoms with Crippen LogP contribution in [0.5, 0.6) is 0 Å². The van der Waals surface area contributed by atoms with Crippen LogP contribution in [0.15, 0.2) is 70.7 Å². The molecule has 0 amide bonds. The fourth-order valence-corrected chi connectivity index (χ4v) is 4.67. The number of fused-ring (bicyclic) bond motifs is 1. The fraction of sp³-hybridized carbons (Fsp3) is 0.250. The van der Waals surface area contributed by atoms with Gasteiger partial charge in [-0.1, -0.05) is 50.2 Å². The van der Waals surface area contributed by atoms with Gasteiger partial charge in [0.25, 0.3) is 5.56 Å². The van der Waals surface area contributed by atoms with Gasteiger partial charge in [0.1, 0.15) is 11.6 Å². The summed E-state index contributed by atoms with van der Waals surface area (Å²) in [6, 6.07) is 15.6. The zero-order chi connectivity index (χ0) is 21.0. The number of carbonyl (C=O) groups excluding carboxylic acids is 1. The number of carbonyl (C=O) groups is 1. The van der Waals surface area contributed by atoms with Crippen molar-refractivity contribution in [2.45, 2.75) is 32.6 Å². The van der Waals surface area contributed by atoms with Gasteiger partial charge >= 0.3 is 0 Å². The van der Waals surface area contributed by atoms with E-state index in [-0.39, 0.29) is 16.8 Å². The smallest absolute Gasteiger partial charge is 0.277 e. The summed E-state index contributed by atoms with van der Waals surface area (Å²) >= 11 is 0. The number of hydrogen-bond donors (Lipinski definition) is 2. The van der Waals surface area contributed by atoms with Gasteiger partial charge in [-0.15, -0.1) is 0 Å². The minimum atomic E-state index is -0.741. The van der Waals surface area contributed by atoms with Crippen molar-refractivity contribution in [2.75, 3.05) is 5.32 Å². The number of nitrogens with one attached hydrogen (secondary N) is 2. The molecule has 2 aromatic carbocycles. The Bertz CT molecular complexity index is 1250. The molecule has 3 aromatic rings. The number of ketones is 1. The highest BCUT2D eigenvalue weighted by atomic mass is 19.1. The molecule has 0 saturated carbocycles. The Labute approximate surface area is 173 Å². The number of halogens is 1. The third-order valence-corrected chi connectivity index (χ3v) is 5.93. The van der Waals surface area contributed by atoms with Crippen LogP contribution in [0.2, 0.25) is 0 Å². The van der Waals surface area contributed by atoms with Gasteiger partial charge in [0.05, 0.1) is 17.2 Å². The van der Waals surface area contributed by atoms with Gasteiger partial charge in [0.15, 0.2) is 5.78 Å². The van der Waals surface area contributed by atoms with Crippen molar-refractivity contribution in [3.05, 3.63) is 93.2 Å². The molecule has 1 unspecified atom stereocenters. The first kappa shape index (κ1) is 18.6. The van der Waals surface area contributed by atoms with Crippen LogP contribution in [0, 0.1) is 11.2 Å². The molecular weight excluding hydrogens is 381 g/mol. The van der Waals surface area contributed by atoms with Gasteiger partial charge in [-0.2, -0.15) is 0 Å². The molecule has 1 aliphatic carbocycles. The number of rotatable bonds is 2. The monoisotopic (exact) mass is 403 g/mol. The maximum Gasteiger partial charge on any atom is 0.277 e. The largest absolute Gasteiger partial charge is 0.343 e.